The number of rotatable bonds is 13. The summed E-state index contributed by atoms with van der Waals surface area (Å²) in [5.41, 5.74) is 1.72. The van der Waals surface area contributed by atoms with E-state index >= 15 is 0 Å². The van der Waals surface area contributed by atoms with Crippen molar-refractivity contribution < 1.29 is 23.9 Å². The Morgan fingerprint density at radius 2 is 1.43 bits per heavy atom. The smallest absolute Gasteiger partial charge is 0.256 e. The lowest BCUT2D eigenvalue weighted by molar-refractivity contribution is -0.113. The van der Waals surface area contributed by atoms with Crippen molar-refractivity contribution in [2.75, 3.05) is 25.3 Å². The molecule has 0 unspecified atom stereocenters. The molecule has 0 aromatic heterocycles. The number of nitrogens with one attached hydrogen (secondary N) is 2. The highest BCUT2D eigenvalue weighted by Crippen LogP contribution is 2.38. The first kappa shape index (κ1) is 34.1. The van der Waals surface area contributed by atoms with E-state index in [2.05, 4.69) is 16.7 Å². The summed E-state index contributed by atoms with van der Waals surface area (Å²) in [5.74, 6) is -1.59. The van der Waals surface area contributed by atoms with Crippen LogP contribution in [0.1, 0.15) is 38.6 Å². The Balaban J connectivity index is 1.73. The summed E-state index contributed by atoms with van der Waals surface area (Å²) < 4.78 is 10.6. The zero-order chi connectivity index (χ0) is 33.1. The van der Waals surface area contributed by atoms with Crippen LogP contribution in [0.4, 0.5) is 5.69 Å². The maximum atomic E-state index is 13.5. The van der Waals surface area contributed by atoms with Gasteiger partial charge in [-0.05, 0) is 23.8 Å². The average Bonchev–Trinajstić information content (AvgIpc) is 3.08. The molecule has 0 spiro atoms. The minimum atomic E-state index is -0.839. The van der Waals surface area contributed by atoms with Crippen LogP contribution in [-0.2, 0) is 4.79 Å². The molecule has 234 valence electrons. The highest BCUT2D eigenvalue weighted by molar-refractivity contribution is 8.03. The number of hydrogen-bond acceptors (Lipinski definition) is 7. The molecule has 2 amide bonds. The Kier molecular flexibility index (Phi) is 12.3. The van der Waals surface area contributed by atoms with E-state index < -0.39 is 17.7 Å². The van der Waals surface area contributed by atoms with Gasteiger partial charge in [-0.2, -0.15) is 5.26 Å². The molecule has 2 N–H and O–H groups in total. The zero-order valence-electron chi connectivity index (χ0n) is 24.9. The van der Waals surface area contributed by atoms with E-state index in [0.717, 1.165) is 11.8 Å². The van der Waals surface area contributed by atoms with Gasteiger partial charge in [0.25, 0.3) is 5.91 Å². The third kappa shape index (κ3) is 8.70. The van der Waals surface area contributed by atoms with Crippen molar-refractivity contribution in [3.63, 3.8) is 0 Å². The molecular weight excluding hydrogens is 645 g/mol. The van der Waals surface area contributed by atoms with Gasteiger partial charge in [0.1, 0.15) is 11.5 Å². The van der Waals surface area contributed by atoms with Crippen LogP contribution in [0.15, 0.2) is 108 Å². The normalized spacial score (nSPS) is 11.8. The molecule has 46 heavy (non-hydrogen) atoms. The molecule has 0 saturated heterocycles. The SMILES string of the molecule is COc1cc(NC(=O)CS/C(NC(=O)c2ccccc2)=C(\C#N)[C@H](CC(=O)c2ccccc2)c2ccccc2Cl)c(OC)cc1Cl. The van der Waals surface area contributed by atoms with Crippen molar-refractivity contribution in [2.24, 2.45) is 0 Å². The summed E-state index contributed by atoms with van der Waals surface area (Å²) in [6, 6.07) is 29.3. The Hall–Kier alpha value is -4.75. The molecule has 1 atom stereocenters. The zero-order valence-corrected chi connectivity index (χ0v) is 27.2. The number of thioether (sulfide) groups is 1. The molecule has 0 aliphatic rings. The maximum Gasteiger partial charge on any atom is 0.256 e. The molecule has 4 rings (SSSR count). The number of nitrogens with zero attached hydrogens (tertiary/aromatic N) is 1. The molecule has 4 aromatic rings. The molecule has 4 aromatic carbocycles. The molecule has 0 bridgehead atoms. The van der Waals surface area contributed by atoms with Crippen LogP contribution in [-0.4, -0.2) is 37.6 Å². The number of amides is 2. The van der Waals surface area contributed by atoms with E-state index in [9.17, 15) is 19.6 Å². The number of methoxy groups -OCH3 is 2. The fraction of sp³-hybridized carbons (Fsp3) is 0.143. The monoisotopic (exact) mass is 673 g/mol. The predicted octanol–water partition coefficient (Wildman–Crippen LogP) is 7.90. The number of hydrogen-bond donors (Lipinski definition) is 2. The van der Waals surface area contributed by atoms with Gasteiger partial charge in [-0.15, -0.1) is 0 Å². The van der Waals surface area contributed by atoms with Crippen molar-refractivity contribution in [1.82, 2.24) is 5.32 Å². The van der Waals surface area contributed by atoms with E-state index in [-0.39, 0.29) is 28.6 Å². The molecule has 8 nitrogen and oxygen atoms in total. The maximum absolute atomic E-state index is 13.5. The lowest BCUT2D eigenvalue weighted by atomic mass is 9.86. The number of halogens is 2. The number of benzene rings is 4. The Morgan fingerprint density at radius 3 is 2.04 bits per heavy atom. The number of ketones is 1. The lowest BCUT2D eigenvalue weighted by Gasteiger charge is -2.21. The van der Waals surface area contributed by atoms with Crippen LogP contribution in [0.5, 0.6) is 11.5 Å². The second-order valence-corrected chi connectivity index (χ2v) is 11.6. The highest BCUT2D eigenvalue weighted by atomic mass is 35.5. The van der Waals surface area contributed by atoms with E-state index in [1.54, 1.807) is 84.9 Å². The third-order valence-electron chi connectivity index (χ3n) is 6.84. The predicted molar refractivity (Wildman–Crippen MR) is 182 cm³/mol. The number of anilines is 1. The van der Waals surface area contributed by atoms with Gasteiger partial charge < -0.3 is 20.1 Å². The van der Waals surface area contributed by atoms with Crippen LogP contribution in [0.2, 0.25) is 10.0 Å². The van der Waals surface area contributed by atoms with Crippen molar-refractivity contribution in [1.29, 1.82) is 5.26 Å². The molecule has 0 aliphatic heterocycles. The fourth-order valence-corrected chi connectivity index (χ4v) is 5.92. The van der Waals surface area contributed by atoms with E-state index in [0.29, 0.717) is 43.9 Å². The fourth-order valence-electron chi connectivity index (χ4n) is 4.57. The number of Topliss-reactive ketones (excluding diaryl/α,β-unsaturated/α-hetero) is 1. The number of carbonyl (C=O) groups excluding carboxylic acids is 3. The lowest BCUT2D eigenvalue weighted by Crippen LogP contribution is -2.26. The summed E-state index contributed by atoms with van der Waals surface area (Å²) in [6.07, 6.45) is -0.115. The Labute approximate surface area is 281 Å². The number of nitriles is 1. The van der Waals surface area contributed by atoms with Gasteiger partial charge in [0.15, 0.2) is 5.78 Å². The molecule has 0 aliphatic carbocycles. The minimum Gasteiger partial charge on any atom is -0.495 e. The largest absolute Gasteiger partial charge is 0.495 e. The second kappa shape index (κ2) is 16.5. The Bertz CT molecular complexity index is 1790. The summed E-state index contributed by atoms with van der Waals surface area (Å²) in [5, 5.41) is 16.9. The highest BCUT2D eigenvalue weighted by Gasteiger charge is 2.28. The third-order valence-corrected chi connectivity index (χ3v) is 8.49. The second-order valence-electron chi connectivity index (χ2n) is 9.77. The topological polar surface area (TPSA) is 118 Å². The first-order chi connectivity index (χ1) is 22.2. The summed E-state index contributed by atoms with van der Waals surface area (Å²) in [7, 11) is 2.89. The average molecular weight is 675 g/mol. The van der Waals surface area contributed by atoms with Crippen LogP contribution in [0, 0.1) is 11.3 Å². The van der Waals surface area contributed by atoms with Gasteiger partial charge in [-0.25, -0.2) is 0 Å². The van der Waals surface area contributed by atoms with E-state index in [1.807, 2.05) is 0 Å². The summed E-state index contributed by atoms with van der Waals surface area (Å²) >= 11 is 13.8. The molecule has 0 saturated carbocycles. The van der Waals surface area contributed by atoms with Crippen molar-refractivity contribution >= 4 is 58.2 Å². The number of allylic oxidation sites excluding steroid dienone is 1. The van der Waals surface area contributed by atoms with Crippen molar-refractivity contribution in [3.05, 3.63) is 134 Å². The minimum absolute atomic E-state index is 0.0743. The first-order valence-corrected chi connectivity index (χ1v) is 15.7. The molecular formula is C35H29Cl2N3O5S. The van der Waals surface area contributed by atoms with Crippen molar-refractivity contribution in [3.8, 4) is 17.6 Å². The number of carbonyl (C=O) groups is 3. The standard InChI is InChI=1S/C35H29Cl2N3O5S/c1-44-31-19-29(32(45-2)18-28(31)37)39-33(42)21-46-35(40-34(43)23-13-7-4-8-14-23)26(20-38)25(24-15-9-10-16-27(24)36)17-30(41)22-11-5-3-6-12-22/h3-16,18-19,25H,17,21H2,1-2H3,(H,39,42)(H,40,43)/b35-26+/t25-/m1/s1. The Morgan fingerprint density at radius 1 is 0.826 bits per heavy atom. The summed E-state index contributed by atoms with van der Waals surface area (Å²) in [6.45, 7) is 0. The number of ether oxygens (including phenoxy) is 2. The summed E-state index contributed by atoms with van der Waals surface area (Å²) in [4.78, 5) is 40.1. The molecule has 0 heterocycles. The van der Waals surface area contributed by atoms with Gasteiger partial charge in [0, 0.05) is 40.6 Å². The first-order valence-electron chi connectivity index (χ1n) is 13.9. The quantitative estimate of drug-likeness (QED) is 0.109. The van der Waals surface area contributed by atoms with Crippen LogP contribution < -0.4 is 20.1 Å². The van der Waals surface area contributed by atoms with Crippen LogP contribution >= 0.6 is 35.0 Å². The van der Waals surface area contributed by atoms with Crippen LogP contribution in [0.3, 0.4) is 0 Å². The van der Waals surface area contributed by atoms with Crippen molar-refractivity contribution in [2.45, 2.75) is 12.3 Å². The van der Waals surface area contributed by atoms with Gasteiger partial charge in [-0.3, -0.25) is 14.4 Å². The van der Waals surface area contributed by atoms with Gasteiger partial charge in [0.05, 0.1) is 47.4 Å². The van der Waals surface area contributed by atoms with Gasteiger partial charge in [-0.1, -0.05) is 102 Å². The van der Waals surface area contributed by atoms with Gasteiger partial charge >= 0.3 is 0 Å². The molecule has 0 fully saturated rings. The molecule has 0 radical (unpaired) electrons. The van der Waals surface area contributed by atoms with Gasteiger partial charge in [0.2, 0.25) is 5.91 Å². The molecule has 11 heteroatoms. The van der Waals surface area contributed by atoms with E-state index in [1.165, 1.54) is 26.4 Å². The van der Waals surface area contributed by atoms with Crippen LogP contribution in [0.25, 0.3) is 0 Å². The van der Waals surface area contributed by atoms with E-state index in [4.69, 9.17) is 32.7 Å².